The third-order valence-corrected chi connectivity index (χ3v) is 12.2. The number of alkyl halides is 1. The van der Waals surface area contributed by atoms with E-state index in [1.54, 1.807) is 6.20 Å². The van der Waals surface area contributed by atoms with Crippen LogP contribution in [0.4, 0.5) is 0 Å². The number of pyridine rings is 1. The Bertz CT molecular complexity index is 970. The summed E-state index contributed by atoms with van der Waals surface area (Å²) in [6.07, 6.45) is 6.28. The van der Waals surface area contributed by atoms with Crippen LogP contribution in [0.5, 0.6) is 0 Å². The molecule has 0 saturated heterocycles. The molecule has 2 atom stereocenters. The fourth-order valence-electron chi connectivity index (χ4n) is 4.62. The van der Waals surface area contributed by atoms with Crippen LogP contribution in [0.3, 0.4) is 0 Å². The van der Waals surface area contributed by atoms with Gasteiger partial charge in [0.2, 0.25) is 0 Å². The number of hydrogen-bond acceptors (Lipinski definition) is 3. The van der Waals surface area contributed by atoms with Crippen molar-refractivity contribution in [2.75, 3.05) is 0 Å². The van der Waals surface area contributed by atoms with Crippen molar-refractivity contribution in [3.8, 4) is 0 Å². The molecule has 0 bridgehead atoms. The third-order valence-electron chi connectivity index (χ3n) is 7.37. The Hall–Kier alpha value is -1.43. The van der Waals surface area contributed by atoms with E-state index in [0.717, 1.165) is 46.9 Å². The minimum absolute atomic E-state index is 0.111. The molecule has 1 aromatic heterocycles. The summed E-state index contributed by atoms with van der Waals surface area (Å²) < 4.78 is 6.86. The van der Waals surface area contributed by atoms with Crippen LogP contribution in [0.25, 0.3) is 10.9 Å². The third kappa shape index (κ3) is 3.69. The molecule has 1 aliphatic heterocycles. The lowest BCUT2D eigenvalue weighted by Crippen LogP contribution is -2.53. The molecule has 1 fully saturated rings. The molecule has 2 aliphatic rings. The largest absolute Gasteiger partial charge is 0.412 e. The second-order valence-corrected chi connectivity index (χ2v) is 15.3. The number of nitrogens with zero attached hydrogens (tertiary/aromatic N) is 2. The highest BCUT2D eigenvalue weighted by atomic mass is 35.5. The Morgan fingerprint density at radius 1 is 1.27 bits per heavy atom. The van der Waals surface area contributed by atoms with Crippen LogP contribution < -0.4 is 0 Å². The van der Waals surface area contributed by atoms with Crippen molar-refractivity contribution in [2.24, 2.45) is 0 Å². The summed E-state index contributed by atoms with van der Waals surface area (Å²) in [6.45, 7) is 12.1. The molecule has 30 heavy (non-hydrogen) atoms. The summed E-state index contributed by atoms with van der Waals surface area (Å²) in [6, 6.07) is 6.10. The van der Waals surface area contributed by atoms with Crippen LogP contribution in [-0.2, 0) is 16.9 Å². The van der Waals surface area contributed by atoms with E-state index in [1.165, 1.54) is 6.42 Å². The summed E-state index contributed by atoms with van der Waals surface area (Å²) in [5.74, 6) is 0.489. The minimum atomic E-state index is -1.91. The first-order valence-electron chi connectivity index (χ1n) is 11.1. The molecule has 162 valence electrons. The number of fused-ring (bicyclic) bond motifs is 3. The average molecular weight is 445 g/mol. The fourth-order valence-corrected chi connectivity index (χ4v) is 6.23. The molecule has 0 spiro atoms. The van der Waals surface area contributed by atoms with E-state index in [-0.39, 0.29) is 23.1 Å². The number of amides is 1. The Morgan fingerprint density at radius 3 is 2.70 bits per heavy atom. The van der Waals surface area contributed by atoms with Gasteiger partial charge in [-0.05, 0) is 48.7 Å². The number of halogens is 1. The van der Waals surface area contributed by atoms with Crippen molar-refractivity contribution in [3.05, 3.63) is 41.1 Å². The molecule has 1 amide bonds. The maximum atomic E-state index is 13.5. The monoisotopic (exact) mass is 444 g/mol. The summed E-state index contributed by atoms with van der Waals surface area (Å²) in [4.78, 5) is 20.2. The fraction of sp³-hybridized carbons (Fsp3) is 0.583. The first-order chi connectivity index (χ1) is 14.1. The minimum Gasteiger partial charge on any atom is -0.412 e. The topological polar surface area (TPSA) is 42.4 Å². The van der Waals surface area contributed by atoms with E-state index in [0.29, 0.717) is 12.4 Å². The highest BCUT2D eigenvalue weighted by molar-refractivity contribution is 6.74. The summed E-state index contributed by atoms with van der Waals surface area (Å²) in [5.41, 5.74) is 3.71. The Kier molecular flexibility index (Phi) is 5.75. The Morgan fingerprint density at radius 2 is 2.00 bits per heavy atom. The van der Waals surface area contributed by atoms with Crippen LogP contribution in [0, 0.1) is 0 Å². The van der Waals surface area contributed by atoms with Gasteiger partial charge in [-0.15, -0.1) is 11.6 Å². The first-order valence-corrected chi connectivity index (χ1v) is 14.5. The number of carbonyl (C=O) groups is 1. The number of carbonyl (C=O) groups excluding carboxylic acids is 1. The van der Waals surface area contributed by atoms with Crippen molar-refractivity contribution < 1.29 is 9.22 Å². The van der Waals surface area contributed by atoms with E-state index >= 15 is 0 Å². The smallest absolute Gasteiger partial charge is 0.254 e. The molecule has 2 heterocycles. The maximum Gasteiger partial charge on any atom is 0.254 e. The maximum absolute atomic E-state index is 13.5. The molecular formula is C24H33ClN2O2Si. The van der Waals surface area contributed by atoms with Gasteiger partial charge in [0.25, 0.3) is 5.91 Å². The van der Waals surface area contributed by atoms with E-state index in [2.05, 4.69) is 49.8 Å². The number of benzene rings is 1. The highest BCUT2D eigenvalue weighted by Gasteiger charge is 2.45. The van der Waals surface area contributed by atoms with Gasteiger partial charge in [0, 0.05) is 35.1 Å². The van der Waals surface area contributed by atoms with Crippen molar-refractivity contribution in [1.82, 2.24) is 9.88 Å². The molecule has 6 heteroatoms. The molecule has 1 aromatic carbocycles. The molecule has 4 rings (SSSR count). The number of rotatable bonds is 4. The van der Waals surface area contributed by atoms with Crippen molar-refractivity contribution in [1.29, 1.82) is 0 Å². The second kappa shape index (κ2) is 7.92. The predicted molar refractivity (Wildman–Crippen MR) is 125 cm³/mol. The van der Waals surface area contributed by atoms with Gasteiger partial charge < -0.3 is 9.33 Å². The Balaban J connectivity index is 1.68. The SMILES string of the molecule is CC(C)(C)[Si](C)(C)O[C@H]1CCCC[C@@H]1N1Cc2c(cc(CCl)c3cccnc23)C1=O. The van der Waals surface area contributed by atoms with Gasteiger partial charge in [-0.3, -0.25) is 9.78 Å². The molecular weight excluding hydrogens is 412 g/mol. The van der Waals surface area contributed by atoms with Crippen LogP contribution in [0.15, 0.2) is 24.4 Å². The highest BCUT2D eigenvalue weighted by Crippen LogP contribution is 2.41. The van der Waals surface area contributed by atoms with Gasteiger partial charge in [0.05, 0.1) is 17.7 Å². The van der Waals surface area contributed by atoms with Crippen LogP contribution >= 0.6 is 11.6 Å². The molecule has 4 nitrogen and oxygen atoms in total. The van der Waals surface area contributed by atoms with E-state index in [9.17, 15) is 4.79 Å². The molecule has 2 aromatic rings. The molecule has 0 unspecified atom stereocenters. The first kappa shape index (κ1) is 21.8. The molecule has 1 aliphatic carbocycles. The van der Waals surface area contributed by atoms with Gasteiger partial charge in [0.15, 0.2) is 8.32 Å². The van der Waals surface area contributed by atoms with E-state index in [1.807, 2.05) is 12.1 Å². The van der Waals surface area contributed by atoms with Crippen LogP contribution in [0.2, 0.25) is 18.1 Å². The van der Waals surface area contributed by atoms with Gasteiger partial charge in [0.1, 0.15) is 0 Å². The quantitative estimate of drug-likeness (QED) is 0.412. The van der Waals surface area contributed by atoms with E-state index in [4.69, 9.17) is 16.0 Å². The van der Waals surface area contributed by atoms with Crippen molar-refractivity contribution in [2.45, 2.75) is 89.2 Å². The lowest BCUT2D eigenvalue weighted by atomic mass is 9.91. The predicted octanol–water partition coefficient (Wildman–Crippen LogP) is 6.26. The zero-order chi connectivity index (χ0) is 21.7. The van der Waals surface area contributed by atoms with E-state index < -0.39 is 8.32 Å². The lowest BCUT2D eigenvalue weighted by molar-refractivity contribution is 0.0244. The van der Waals surface area contributed by atoms with Crippen molar-refractivity contribution in [3.63, 3.8) is 0 Å². The van der Waals surface area contributed by atoms with Gasteiger partial charge >= 0.3 is 0 Å². The molecule has 0 N–H and O–H groups in total. The molecule has 0 radical (unpaired) electrons. The summed E-state index contributed by atoms with van der Waals surface area (Å²) >= 11 is 6.21. The lowest BCUT2D eigenvalue weighted by Gasteiger charge is -2.45. The van der Waals surface area contributed by atoms with Gasteiger partial charge in [-0.1, -0.05) is 39.7 Å². The average Bonchev–Trinajstić information content (AvgIpc) is 3.03. The number of aromatic nitrogens is 1. The second-order valence-electron chi connectivity index (χ2n) is 10.3. The zero-order valence-corrected chi connectivity index (χ0v) is 20.6. The Labute approximate surface area is 186 Å². The normalized spacial score (nSPS) is 22.6. The van der Waals surface area contributed by atoms with Gasteiger partial charge in [-0.25, -0.2) is 0 Å². The van der Waals surface area contributed by atoms with Gasteiger partial charge in [-0.2, -0.15) is 0 Å². The summed E-state index contributed by atoms with van der Waals surface area (Å²) in [7, 11) is -1.91. The summed E-state index contributed by atoms with van der Waals surface area (Å²) in [5, 5.41) is 1.21. The van der Waals surface area contributed by atoms with Crippen LogP contribution in [0.1, 0.15) is 67.9 Å². The van der Waals surface area contributed by atoms with Crippen LogP contribution in [-0.4, -0.2) is 36.3 Å². The number of hydrogen-bond donors (Lipinski definition) is 0. The standard InChI is InChI=1S/C24H33ClN2O2Si/c1-24(2,3)30(4,5)29-21-11-7-6-10-20(21)27-15-19-18(23(27)28)13-16(14-25)17-9-8-12-26-22(17)19/h8-9,12-13,20-21H,6-7,10-11,14-15H2,1-5H3/t20-,21-/m0/s1. The van der Waals surface area contributed by atoms with Crippen molar-refractivity contribution >= 4 is 36.7 Å². The molecule has 1 saturated carbocycles. The zero-order valence-electron chi connectivity index (χ0n) is 18.8.